The Kier molecular flexibility index (Phi) is 7.71. The first kappa shape index (κ1) is 17.4. The molecule has 0 heterocycles. The van der Waals surface area contributed by atoms with E-state index in [1.165, 1.54) is 7.11 Å². The molecule has 2 N–H and O–H groups in total. The Hall–Kier alpha value is -1.66. The highest BCUT2D eigenvalue weighted by Gasteiger charge is 2.10. The van der Waals surface area contributed by atoms with Crippen LogP contribution in [0, 0.1) is 0 Å². The van der Waals surface area contributed by atoms with Crippen molar-refractivity contribution in [3.8, 4) is 11.5 Å². The van der Waals surface area contributed by atoms with Crippen LogP contribution in [0.3, 0.4) is 0 Å². The van der Waals surface area contributed by atoms with E-state index in [4.69, 9.17) is 32.7 Å². The number of nitrogens with one attached hydrogen (secondary N) is 2. The molecular weight excluding hydrogens is 319 g/mol. The largest absolute Gasteiger partial charge is 0.493 e. The minimum Gasteiger partial charge on any atom is -0.493 e. The van der Waals surface area contributed by atoms with Gasteiger partial charge in [-0.3, -0.25) is 9.59 Å². The summed E-state index contributed by atoms with van der Waals surface area (Å²) in [4.78, 5) is 21.5. The summed E-state index contributed by atoms with van der Waals surface area (Å²) in [6.45, 7) is 0.331. The molecule has 0 aromatic heterocycles. The van der Waals surface area contributed by atoms with E-state index >= 15 is 0 Å². The molecule has 0 saturated carbocycles. The van der Waals surface area contributed by atoms with Crippen molar-refractivity contribution >= 4 is 35.0 Å². The van der Waals surface area contributed by atoms with Gasteiger partial charge in [0, 0.05) is 13.1 Å². The zero-order chi connectivity index (χ0) is 15.7. The molecule has 1 aromatic rings. The van der Waals surface area contributed by atoms with Crippen molar-refractivity contribution < 1.29 is 19.1 Å². The quantitative estimate of drug-likeness (QED) is 0.551. The molecule has 0 unspecified atom stereocenters. The van der Waals surface area contributed by atoms with Crippen molar-refractivity contribution in [2.45, 2.75) is 4.84 Å². The maximum atomic E-state index is 11.6. The van der Waals surface area contributed by atoms with Crippen LogP contribution < -0.4 is 20.1 Å². The maximum absolute atomic E-state index is 11.6. The van der Waals surface area contributed by atoms with E-state index in [1.54, 1.807) is 24.3 Å². The molecule has 2 amide bonds. The summed E-state index contributed by atoms with van der Waals surface area (Å²) in [5.74, 6) is 0.213. The Morgan fingerprint density at radius 1 is 1.14 bits per heavy atom. The van der Waals surface area contributed by atoms with Crippen molar-refractivity contribution in [3.05, 3.63) is 24.3 Å². The molecular formula is C13H16Cl2N2O4. The Morgan fingerprint density at radius 3 is 2.38 bits per heavy atom. The minimum atomic E-state index is -1.12. The number of carbonyl (C=O) groups excluding carboxylic acids is 2. The zero-order valence-corrected chi connectivity index (χ0v) is 12.9. The van der Waals surface area contributed by atoms with Gasteiger partial charge in [-0.1, -0.05) is 35.3 Å². The molecule has 0 atom stereocenters. The van der Waals surface area contributed by atoms with Crippen LogP contribution in [0.4, 0.5) is 0 Å². The van der Waals surface area contributed by atoms with Gasteiger partial charge in [0.05, 0.1) is 7.11 Å². The lowest BCUT2D eigenvalue weighted by Gasteiger charge is -2.10. The fourth-order valence-electron chi connectivity index (χ4n) is 1.40. The Morgan fingerprint density at radius 2 is 1.76 bits per heavy atom. The maximum Gasteiger partial charge on any atom is 0.258 e. The summed E-state index contributed by atoms with van der Waals surface area (Å²) >= 11 is 10.7. The van der Waals surface area contributed by atoms with Crippen molar-refractivity contribution in [1.82, 2.24) is 10.6 Å². The van der Waals surface area contributed by atoms with Gasteiger partial charge in [-0.05, 0) is 12.1 Å². The second kappa shape index (κ2) is 9.31. The second-order valence-electron chi connectivity index (χ2n) is 3.88. The first-order valence-electron chi connectivity index (χ1n) is 6.13. The number of para-hydroxylation sites is 2. The third-order valence-electron chi connectivity index (χ3n) is 2.37. The first-order chi connectivity index (χ1) is 10.0. The van der Waals surface area contributed by atoms with Gasteiger partial charge in [-0.25, -0.2) is 0 Å². The number of hydrogen-bond donors (Lipinski definition) is 2. The van der Waals surface area contributed by atoms with Gasteiger partial charge in [0.1, 0.15) is 0 Å². The highest BCUT2D eigenvalue weighted by atomic mass is 35.5. The number of benzene rings is 1. The van der Waals surface area contributed by atoms with Crippen molar-refractivity contribution in [2.24, 2.45) is 0 Å². The van der Waals surface area contributed by atoms with Gasteiger partial charge in [-0.15, -0.1) is 0 Å². The summed E-state index contributed by atoms with van der Waals surface area (Å²) in [7, 11) is 1.52. The highest BCUT2D eigenvalue weighted by molar-refractivity contribution is 6.53. The average molecular weight is 335 g/mol. The number of carbonyl (C=O) groups is 2. The van der Waals surface area contributed by atoms with E-state index in [1.807, 2.05) is 0 Å². The smallest absolute Gasteiger partial charge is 0.258 e. The third kappa shape index (κ3) is 6.55. The van der Waals surface area contributed by atoms with Crippen molar-refractivity contribution in [1.29, 1.82) is 0 Å². The molecule has 0 fully saturated rings. The van der Waals surface area contributed by atoms with E-state index in [2.05, 4.69) is 10.6 Å². The number of ether oxygens (including phenoxy) is 2. The summed E-state index contributed by atoms with van der Waals surface area (Å²) < 4.78 is 10.4. The van der Waals surface area contributed by atoms with Crippen LogP contribution in [0.1, 0.15) is 0 Å². The average Bonchev–Trinajstić information content (AvgIpc) is 2.49. The van der Waals surface area contributed by atoms with Gasteiger partial charge in [-0.2, -0.15) is 0 Å². The molecule has 6 nitrogen and oxygen atoms in total. The topological polar surface area (TPSA) is 76.7 Å². The molecule has 1 rings (SSSR count). The van der Waals surface area contributed by atoms with Gasteiger partial charge >= 0.3 is 0 Å². The van der Waals surface area contributed by atoms with Gasteiger partial charge in [0.2, 0.25) is 0 Å². The van der Waals surface area contributed by atoms with Crippen molar-refractivity contribution in [2.75, 3.05) is 26.8 Å². The fraction of sp³-hybridized carbons (Fsp3) is 0.385. The number of amides is 2. The lowest BCUT2D eigenvalue weighted by molar-refractivity contribution is -0.123. The van der Waals surface area contributed by atoms with Crippen LogP contribution in [0.15, 0.2) is 24.3 Å². The summed E-state index contributed by atoms with van der Waals surface area (Å²) in [6.07, 6.45) is 0. The first-order valence-corrected chi connectivity index (χ1v) is 7.00. The zero-order valence-electron chi connectivity index (χ0n) is 11.4. The highest BCUT2D eigenvalue weighted by Crippen LogP contribution is 2.25. The Balaban J connectivity index is 2.24. The molecule has 21 heavy (non-hydrogen) atoms. The molecule has 0 aliphatic rings. The Bertz CT molecular complexity index is 483. The minimum absolute atomic E-state index is 0.151. The molecule has 0 saturated heterocycles. The lowest BCUT2D eigenvalue weighted by atomic mass is 10.3. The van der Waals surface area contributed by atoms with E-state index in [0.717, 1.165) is 0 Å². The van der Waals surface area contributed by atoms with E-state index < -0.39 is 10.7 Å². The third-order valence-corrected chi connectivity index (χ3v) is 2.77. The molecule has 0 aliphatic heterocycles. The summed E-state index contributed by atoms with van der Waals surface area (Å²) in [6, 6.07) is 7.01. The van der Waals surface area contributed by atoms with Crippen LogP contribution >= 0.6 is 23.2 Å². The van der Waals surface area contributed by atoms with Crippen LogP contribution in [0.2, 0.25) is 0 Å². The molecule has 0 bridgehead atoms. The van der Waals surface area contributed by atoms with Crippen LogP contribution in [-0.2, 0) is 9.59 Å². The summed E-state index contributed by atoms with van der Waals surface area (Å²) in [5.41, 5.74) is 0. The van der Waals surface area contributed by atoms with Crippen LogP contribution in [0.25, 0.3) is 0 Å². The van der Waals surface area contributed by atoms with E-state index in [9.17, 15) is 9.59 Å². The number of rotatable bonds is 8. The number of halogens is 2. The van der Waals surface area contributed by atoms with E-state index in [-0.39, 0.29) is 25.6 Å². The molecule has 116 valence electrons. The standard InChI is InChI=1S/C13H16Cl2N2O4/c1-20-9-4-2-3-5-10(9)21-8-11(18)16-6-7-17-13(19)12(14)15/h2-5,12H,6-8H2,1H3,(H,16,18)(H,17,19). The predicted molar refractivity (Wildman–Crippen MR) is 80.0 cm³/mol. The SMILES string of the molecule is COc1ccccc1OCC(=O)NCCNC(=O)C(Cl)Cl. The number of alkyl halides is 2. The van der Waals surface area contributed by atoms with Crippen molar-refractivity contribution in [3.63, 3.8) is 0 Å². The van der Waals surface area contributed by atoms with E-state index in [0.29, 0.717) is 11.5 Å². The normalized spacial score (nSPS) is 10.1. The molecule has 0 spiro atoms. The fourth-order valence-corrected chi connectivity index (χ4v) is 1.55. The van der Waals surface area contributed by atoms with Gasteiger partial charge in [0.15, 0.2) is 22.9 Å². The summed E-state index contributed by atoms with van der Waals surface area (Å²) in [5, 5.41) is 5.03. The lowest BCUT2D eigenvalue weighted by Crippen LogP contribution is -2.38. The molecule has 0 radical (unpaired) electrons. The van der Waals surface area contributed by atoms with Crippen LogP contribution in [-0.4, -0.2) is 43.5 Å². The Labute approximate surface area is 132 Å². The van der Waals surface area contributed by atoms with Gasteiger partial charge < -0.3 is 20.1 Å². The molecule has 1 aromatic carbocycles. The molecule has 8 heteroatoms. The van der Waals surface area contributed by atoms with Gasteiger partial charge in [0.25, 0.3) is 11.8 Å². The monoisotopic (exact) mass is 334 g/mol. The predicted octanol–water partition coefficient (Wildman–Crippen LogP) is 1.11. The second-order valence-corrected chi connectivity index (χ2v) is 4.98. The molecule has 0 aliphatic carbocycles. The van der Waals surface area contributed by atoms with Crippen LogP contribution in [0.5, 0.6) is 11.5 Å². The number of hydrogen-bond acceptors (Lipinski definition) is 4. The number of methoxy groups -OCH3 is 1.